The fourth-order valence-electron chi connectivity index (χ4n) is 1.88. The average Bonchev–Trinajstić information content (AvgIpc) is 2.36. The van der Waals surface area contributed by atoms with Crippen molar-refractivity contribution in [2.75, 3.05) is 27.2 Å². The van der Waals surface area contributed by atoms with Crippen molar-refractivity contribution in [1.29, 1.82) is 0 Å². The summed E-state index contributed by atoms with van der Waals surface area (Å²) in [6.45, 7) is 9.48. The first-order valence-corrected chi connectivity index (χ1v) is 6.97. The number of carbonyl (C=O) groups is 1. The fourth-order valence-corrected chi connectivity index (χ4v) is 1.88. The molecule has 0 fully saturated rings. The molecule has 0 rings (SSSR count). The van der Waals surface area contributed by atoms with Gasteiger partial charge in [0.05, 0.1) is 6.61 Å². The molecule has 18 heavy (non-hydrogen) atoms. The molecule has 0 bridgehead atoms. The predicted octanol–water partition coefficient (Wildman–Crippen LogP) is 2.04. The third-order valence-electron chi connectivity index (χ3n) is 3.70. The number of hydrogen-bond acceptors (Lipinski definition) is 4. The second-order valence-electron chi connectivity index (χ2n) is 5.17. The first-order chi connectivity index (χ1) is 8.41. The number of rotatable bonds is 9. The van der Waals surface area contributed by atoms with Gasteiger partial charge in [-0.1, -0.05) is 13.3 Å². The van der Waals surface area contributed by atoms with Crippen LogP contribution in [0.25, 0.3) is 0 Å². The van der Waals surface area contributed by atoms with Gasteiger partial charge in [0.1, 0.15) is 5.54 Å². The minimum Gasteiger partial charge on any atom is -0.465 e. The molecular weight excluding hydrogens is 228 g/mol. The van der Waals surface area contributed by atoms with E-state index in [1.807, 2.05) is 20.9 Å². The van der Waals surface area contributed by atoms with Crippen LogP contribution in [0.5, 0.6) is 0 Å². The van der Waals surface area contributed by atoms with Crippen LogP contribution in [0.1, 0.15) is 47.0 Å². The summed E-state index contributed by atoms with van der Waals surface area (Å²) in [5.41, 5.74) is -0.587. The fraction of sp³-hybridized carbons (Fsp3) is 0.929. The van der Waals surface area contributed by atoms with E-state index >= 15 is 0 Å². The third kappa shape index (κ3) is 5.36. The van der Waals surface area contributed by atoms with Crippen molar-refractivity contribution < 1.29 is 9.53 Å². The number of ether oxygens (including phenoxy) is 1. The molecule has 0 aromatic rings. The van der Waals surface area contributed by atoms with E-state index < -0.39 is 5.54 Å². The molecule has 4 nitrogen and oxygen atoms in total. The molecule has 108 valence electrons. The van der Waals surface area contributed by atoms with Gasteiger partial charge < -0.3 is 15.0 Å². The van der Waals surface area contributed by atoms with Crippen LogP contribution < -0.4 is 5.32 Å². The molecule has 0 aliphatic rings. The lowest BCUT2D eigenvalue weighted by atomic mass is 9.97. The Labute approximate surface area is 112 Å². The summed E-state index contributed by atoms with van der Waals surface area (Å²) in [4.78, 5) is 14.2. The van der Waals surface area contributed by atoms with Crippen molar-refractivity contribution in [2.24, 2.45) is 0 Å². The normalized spacial score (nSPS) is 16.4. The van der Waals surface area contributed by atoms with Crippen LogP contribution in [0, 0.1) is 0 Å². The Kier molecular flexibility index (Phi) is 8.20. The van der Waals surface area contributed by atoms with Gasteiger partial charge in [-0.05, 0) is 47.7 Å². The van der Waals surface area contributed by atoms with Gasteiger partial charge in [-0.15, -0.1) is 0 Å². The Hall–Kier alpha value is -0.610. The Morgan fingerprint density at radius 3 is 2.50 bits per heavy atom. The summed E-state index contributed by atoms with van der Waals surface area (Å²) in [6, 6.07) is 0.554. The lowest BCUT2D eigenvalue weighted by Gasteiger charge is -2.31. The molecule has 0 aliphatic heterocycles. The number of hydrogen-bond donors (Lipinski definition) is 1. The Balaban J connectivity index is 4.33. The van der Waals surface area contributed by atoms with Gasteiger partial charge in [0.15, 0.2) is 0 Å². The number of nitrogens with one attached hydrogen (secondary N) is 1. The van der Waals surface area contributed by atoms with Gasteiger partial charge in [0.2, 0.25) is 0 Å². The highest BCUT2D eigenvalue weighted by Gasteiger charge is 2.33. The zero-order chi connectivity index (χ0) is 14.2. The molecule has 0 aliphatic carbocycles. The predicted molar refractivity (Wildman–Crippen MR) is 75.7 cm³/mol. The average molecular weight is 258 g/mol. The van der Waals surface area contributed by atoms with Crippen LogP contribution in [0.4, 0.5) is 0 Å². The van der Waals surface area contributed by atoms with Gasteiger partial charge in [0, 0.05) is 12.6 Å². The van der Waals surface area contributed by atoms with Crippen molar-refractivity contribution in [3.63, 3.8) is 0 Å². The maximum atomic E-state index is 11.9. The van der Waals surface area contributed by atoms with Crippen LogP contribution in [0.15, 0.2) is 0 Å². The van der Waals surface area contributed by atoms with Crippen molar-refractivity contribution in [1.82, 2.24) is 10.2 Å². The van der Waals surface area contributed by atoms with Gasteiger partial charge >= 0.3 is 5.97 Å². The minimum atomic E-state index is -0.587. The Morgan fingerprint density at radius 1 is 1.44 bits per heavy atom. The summed E-state index contributed by atoms with van der Waals surface area (Å²) in [5.74, 6) is -0.163. The van der Waals surface area contributed by atoms with Gasteiger partial charge in [-0.2, -0.15) is 0 Å². The van der Waals surface area contributed by atoms with Gasteiger partial charge in [-0.25, -0.2) is 0 Å². The van der Waals surface area contributed by atoms with Crippen LogP contribution >= 0.6 is 0 Å². The zero-order valence-electron chi connectivity index (χ0n) is 12.9. The maximum Gasteiger partial charge on any atom is 0.326 e. The second kappa shape index (κ2) is 8.48. The largest absolute Gasteiger partial charge is 0.465 e. The number of nitrogens with zero attached hydrogens (tertiary/aromatic N) is 1. The van der Waals surface area contributed by atoms with Crippen molar-refractivity contribution >= 4 is 5.97 Å². The third-order valence-corrected chi connectivity index (χ3v) is 3.70. The van der Waals surface area contributed by atoms with E-state index in [4.69, 9.17) is 4.74 Å². The Bertz CT molecular complexity index is 246. The molecule has 0 radical (unpaired) electrons. The standard InChI is InChI=1S/C14H30N2O2/c1-7-9-12(3)16(6)11-10-14(4,15-5)13(17)18-8-2/h12,15H,7-11H2,1-6H3. The molecule has 0 saturated carbocycles. The zero-order valence-corrected chi connectivity index (χ0v) is 12.9. The molecule has 4 heteroatoms. The lowest BCUT2D eigenvalue weighted by Crippen LogP contribution is -2.50. The molecule has 0 heterocycles. The number of likely N-dealkylation sites (N-methyl/N-ethyl adjacent to an activating group) is 1. The first-order valence-electron chi connectivity index (χ1n) is 6.97. The molecular formula is C14H30N2O2. The minimum absolute atomic E-state index is 0.163. The van der Waals surface area contributed by atoms with E-state index in [2.05, 4.69) is 31.1 Å². The molecule has 0 aromatic heterocycles. The summed E-state index contributed by atoms with van der Waals surface area (Å²) in [7, 11) is 3.92. The van der Waals surface area contributed by atoms with E-state index in [0.29, 0.717) is 12.6 Å². The summed E-state index contributed by atoms with van der Waals surface area (Å²) < 4.78 is 5.12. The molecule has 0 amide bonds. The second-order valence-corrected chi connectivity index (χ2v) is 5.17. The van der Waals surface area contributed by atoms with Gasteiger partial charge in [0.25, 0.3) is 0 Å². The maximum absolute atomic E-state index is 11.9. The van der Waals surface area contributed by atoms with Crippen LogP contribution in [0.2, 0.25) is 0 Å². The summed E-state index contributed by atoms with van der Waals surface area (Å²) in [6.07, 6.45) is 3.13. The number of carbonyl (C=O) groups excluding carboxylic acids is 1. The molecule has 0 saturated heterocycles. The molecule has 1 N–H and O–H groups in total. The highest BCUT2D eigenvalue weighted by atomic mass is 16.5. The quantitative estimate of drug-likeness (QED) is 0.643. The highest BCUT2D eigenvalue weighted by Crippen LogP contribution is 2.14. The van der Waals surface area contributed by atoms with Crippen LogP contribution in [-0.4, -0.2) is 49.7 Å². The first kappa shape index (κ1) is 17.4. The van der Waals surface area contributed by atoms with Crippen LogP contribution in [0.3, 0.4) is 0 Å². The van der Waals surface area contributed by atoms with Crippen LogP contribution in [-0.2, 0) is 9.53 Å². The Morgan fingerprint density at radius 2 is 2.06 bits per heavy atom. The summed E-state index contributed by atoms with van der Waals surface area (Å²) >= 11 is 0. The van der Waals surface area contributed by atoms with E-state index in [1.54, 1.807) is 0 Å². The SMILES string of the molecule is CCCC(C)N(C)CCC(C)(NC)C(=O)OCC. The van der Waals surface area contributed by atoms with E-state index in [-0.39, 0.29) is 5.97 Å². The summed E-state index contributed by atoms with van der Waals surface area (Å²) in [5, 5.41) is 3.09. The topological polar surface area (TPSA) is 41.6 Å². The van der Waals surface area contributed by atoms with Crippen molar-refractivity contribution in [2.45, 2.75) is 58.5 Å². The van der Waals surface area contributed by atoms with E-state index in [1.165, 1.54) is 12.8 Å². The van der Waals surface area contributed by atoms with Crippen molar-refractivity contribution in [3.8, 4) is 0 Å². The smallest absolute Gasteiger partial charge is 0.326 e. The lowest BCUT2D eigenvalue weighted by molar-refractivity contribution is -0.150. The van der Waals surface area contributed by atoms with Gasteiger partial charge in [-0.3, -0.25) is 4.79 Å². The molecule has 0 spiro atoms. The number of esters is 1. The highest BCUT2D eigenvalue weighted by molar-refractivity contribution is 5.80. The molecule has 2 unspecified atom stereocenters. The van der Waals surface area contributed by atoms with Crippen molar-refractivity contribution in [3.05, 3.63) is 0 Å². The van der Waals surface area contributed by atoms with E-state index in [0.717, 1.165) is 13.0 Å². The monoisotopic (exact) mass is 258 g/mol. The molecule has 2 atom stereocenters. The van der Waals surface area contributed by atoms with E-state index in [9.17, 15) is 4.79 Å². The molecule has 0 aromatic carbocycles.